The van der Waals surface area contributed by atoms with Crippen molar-refractivity contribution in [3.05, 3.63) is 29.6 Å². The number of primary amides is 1. The van der Waals surface area contributed by atoms with Crippen LogP contribution in [0.2, 0.25) is 0 Å². The average molecular weight is 295 g/mol. The van der Waals surface area contributed by atoms with Gasteiger partial charge in [0.2, 0.25) is 5.91 Å². The third-order valence-electron chi connectivity index (χ3n) is 3.67. The molecule has 1 saturated heterocycles. The van der Waals surface area contributed by atoms with E-state index < -0.39 is 0 Å². The number of halogens is 1. The normalized spacial score (nSPS) is 16.1. The maximum absolute atomic E-state index is 13.3. The van der Waals surface area contributed by atoms with Gasteiger partial charge in [-0.1, -0.05) is 12.2 Å². The summed E-state index contributed by atoms with van der Waals surface area (Å²) in [5.41, 5.74) is 12.3. The Labute approximate surface area is 122 Å². The quantitative estimate of drug-likeness (QED) is 0.827. The molecule has 0 atom stereocenters. The zero-order valence-electron chi connectivity index (χ0n) is 11.1. The highest BCUT2D eigenvalue weighted by atomic mass is 32.1. The average Bonchev–Trinajstić information content (AvgIpc) is 2.39. The largest absolute Gasteiger partial charge is 0.389 e. The Morgan fingerprint density at radius 3 is 2.55 bits per heavy atom. The summed E-state index contributed by atoms with van der Waals surface area (Å²) < 4.78 is 13.3. The van der Waals surface area contributed by atoms with Gasteiger partial charge in [-0.25, -0.2) is 4.39 Å². The molecule has 1 aliphatic heterocycles. The fourth-order valence-corrected chi connectivity index (χ4v) is 2.81. The van der Waals surface area contributed by atoms with Crippen LogP contribution in [0.5, 0.6) is 0 Å². The number of hydrogen-bond acceptors (Lipinski definition) is 3. The molecule has 2 rings (SSSR count). The van der Waals surface area contributed by atoms with Gasteiger partial charge in [0.25, 0.3) is 0 Å². The Bertz CT molecular complexity index is 527. The van der Waals surface area contributed by atoms with Crippen molar-refractivity contribution in [2.75, 3.05) is 18.0 Å². The minimum Gasteiger partial charge on any atom is -0.389 e. The first-order chi connectivity index (χ1) is 9.47. The van der Waals surface area contributed by atoms with Crippen molar-refractivity contribution in [3.63, 3.8) is 0 Å². The molecular formula is C14H18FN3OS. The van der Waals surface area contributed by atoms with Gasteiger partial charge in [-0.2, -0.15) is 0 Å². The summed E-state index contributed by atoms with van der Waals surface area (Å²) in [6.07, 6.45) is 2.20. The molecule has 4 N–H and O–H groups in total. The highest BCUT2D eigenvalue weighted by molar-refractivity contribution is 7.80. The summed E-state index contributed by atoms with van der Waals surface area (Å²) in [6, 6.07) is 4.48. The molecule has 1 aromatic carbocycles. The number of nitrogens with two attached hydrogens (primary N) is 2. The molecule has 1 amide bonds. The number of thiocarbonyl (C=S) groups is 1. The second kappa shape index (κ2) is 6.17. The van der Waals surface area contributed by atoms with Crippen LogP contribution in [0, 0.1) is 11.7 Å². The Morgan fingerprint density at radius 2 is 2.00 bits per heavy atom. The molecule has 0 bridgehead atoms. The smallest absolute Gasteiger partial charge is 0.217 e. The maximum atomic E-state index is 13.3. The summed E-state index contributed by atoms with van der Waals surface area (Å²) in [7, 11) is 0. The number of amides is 1. The van der Waals surface area contributed by atoms with Gasteiger partial charge in [-0.05, 0) is 37.0 Å². The number of nitrogens with zero attached hydrogens (tertiary/aromatic N) is 1. The Kier molecular flexibility index (Phi) is 4.54. The fraction of sp³-hybridized carbons (Fsp3) is 0.429. The second-order valence-corrected chi connectivity index (χ2v) is 5.57. The summed E-state index contributed by atoms with van der Waals surface area (Å²) in [4.78, 5) is 13.3. The van der Waals surface area contributed by atoms with Gasteiger partial charge in [0, 0.05) is 30.8 Å². The molecule has 0 spiro atoms. The van der Waals surface area contributed by atoms with Gasteiger partial charge in [-0.15, -0.1) is 0 Å². The lowest BCUT2D eigenvalue weighted by molar-refractivity contribution is -0.119. The van der Waals surface area contributed by atoms with Gasteiger partial charge < -0.3 is 16.4 Å². The van der Waals surface area contributed by atoms with Crippen molar-refractivity contribution < 1.29 is 9.18 Å². The van der Waals surface area contributed by atoms with Gasteiger partial charge in [0.05, 0.1) is 0 Å². The molecule has 0 radical (unpaired) electrons. The van der Waals surface area contributed by atoms with Gasteiger partial charge >= 0.3 is 0 Å². The van der Waals surface area contributed by atoms with E-state index >= 15 is 0 Å². The predicted octanol–water partition coefficient (Wildman–Crippen LogP) is 1.55. The Morgan fingerprint density at radius 1 is 1.35 bits per heavy atom. The van der Waals surface area contributed by atoms with E-state index in [2.05, 4.69) is 4.90 Å². The van der Waals surface area contributed by atoms with E-state index in [-0.39, 0.29) is 16.7 Å². The van der Waals surface area contributed by atoms with Crippen LogP contribution in [-0.4, -0.2) is 24.0 Å². The van der Waals surface area contributed by atoms with Crippen molar-refractivity contribution in [2.45, 2.75) is 19.3 Å². The monoisotopic (exact) mass is 295 g/mol. The minimum absolute atomic E-state index is 0.193. The van der Waals surface area contributed by atoms with Crippen molar-refractivity contribution in [1.82, 2.24) is 0 Å². The van der Waals surface area contributed by atoms with Crippen LogP contribution in [-0.2, 0) is 4.79 Å². The lowest BCUT2D eigenvalue weighted by Crippen LogP contribution is -2.36. The Hall–Kier alpha value is -1.69. The van der Waals surface area contributed by atoms with Gasteiger partial charge in [-0.3, -0.25) is 4.79 Å². The van der Waals surface area contributed by atoms with Gasteiger partial charge in [0.1, 0.15) is 10.8 Å². The summed E-state index contributed by atoms with van der Waals surface area (Å²) in [5.74, 6) is -0.272. The van der Waals surface area contributed by atoms with Crippen LogP contribution in [0.15, 0.2) is 18.2 Å². The molecule has 1 aromatic rings. The van der Waals surface area contributed by atoms with Crippen LogP contribution >= 0.6 is 12.2 Å². The number of benzene rings is 1. The molecule has 4 nitrogen and oxygen atoms in total. The van der Waals surface area contributed by atoms with Crippen LogP contribution in [0.3, 0.4) is 0 Å². The van der Waals surface area contributed by atoms with E-state index in [9.17, 15) is 9.18 Å². The third kappa shape index (κ3) is 3.45. The third-order valence-corrected chi connectivity index (χ3v) is 3.89. The Balaban J connectivity index is 2.11. The fourth-order valence-electron chi connectivity index (χ4n) is 2.64. The van der Waals surface area contributed by atoms with E-state index in [1.165, 1.54) is 12.1 Å². The van der Waals surface area contributed by atoms with Crippen molar-refractivity contribution in [3.8, 4) is 0 Å². The second-order valence-electron chi connectivity index (χ2n) is 5.13. The number of piperidine rings is 1. The van der Waals surface area contributed by atoms with Crippen LogP contribution in [0.25, 0.3) is 0 Å². The molecule has 6 heteroatoms. The zero-order chi connectivity index (χ0) is 14.7. The molecule has 108 valence electrons. The number of hydrogen-bond donors (Lipinski definition) is 2. The number of anilines is 1. The maximum Gasteiger partial charge on any atom is 0.217 e. The zero-order valence-corrected chi connectivity index (χ0v) is 12.0. The van der Waals surface area contributed by atoms with Crippen LogP contribution < -0.4 is 16.4 Å². The lowest BCUT2D eigenvalue weighted by Gasteiger charge is -2.34. The van der Waals surface area contributed by atoms with E-state index in [0.717, 1.165) is 31.6 Å². The molecule has 0 aliphatic carbocycles. The molecule has 0 aromatic heterocycles. The van der Waals surface area contributed by atoms with Crippen molar-refractivity contribution in [2.24, 2.45) is 17.4 Å². The van der Waals surface area contributed by atoms with Crippen molar-refractivity contribution in [1.29, 1.82) is 0 Å². The predicted molar refractivity (Wildman–Crippen MR) is 81.0 cm³/mol. The van der Waals surface area contributed by atoms with Crippen molar-refractivity contribution >= 4 is 28.8 Å². The van der Waals surface area contributed by atoms with E-state index in [0.29, 0.717) is 17.9 Å². The molecule has 1 heterocycles. The number of carbonyl (C=O) groups is 1. The molecule has 20 heavy (non-hydrogen) atoms. The molecule has 0 unspecified atom stereocenters. The first-order valence-electron chi connectivity index (χ1n) is 6.60. The highest BCUT2D eigenvalue weighted by Crippen LogP contribution is 2.28. The minimum atomic E-state index is -0.347. The molecular weight excluding hydrogens is 277 g/mol. The number of carbonyl (C=O) groups excluding carboxylic acids is 1. The first kappa shape index (κ1) is 14.7. The van der Waals surface area contributed by atoms with E-state index in [1.54, 1.807) is 6.07 Å². The van der Waals surface area contributed by atoms with E-state index in [4.69, 9.17) is 23.7 Å². The molecule has 0 saturated carbocycles. The lowest BCUT2D eigenvalue weighted by atomic mass is 9.92. The molecule has 1 aliphatic rings. The SMILES string of the molecule is NC(=O)CC1CCN(c2ccc(F)cc2C(N)=S)CC1. The standard InChI is InChI=1S/C14H18FN3OS/c15-10-1-2-12(11(8-10)14(17)20)18-5-3-9(4-6-18)7-13(16)19/h1-2,8-9H,3-7H2,(H2,16,19)(H2,17,20). The number of rotatable bonds is 4. The van der Waals surface area contributed by atoms with Crippen LogP contribution in [0.4, 0.5) is 10.1 Å². The summed E-state index contributed by atoms with van der Waals surface area (Å²) >= 11 is 4.98. The topological polar surface area (TPSA) is 72.4 Å². The highest BCUT2D eigenvalue weighted by Gasteiger charge is 2.22. The summed E-state index contributed by atoms with van der Waals surface area (Å²) in [6.45, 7) is 1.58. The van der Waals surface area contributed by atoms with Gasteiger partial charge in [0.15, 0.2) is 0 Å². The summed E-state index contributed by atoms with van der Waals surface area (Å²) in [5, 5.41) is 0. The van der Waals surface area contributed by atoms with E-state index in [1.807, 2.05) is 0 Å². The van der Waals surface area contributed by atoms with Crippen LogP contribution in [0.1, 0.15) is 24.8 Å². The molecule has 1 fully saturated rings. The first-order valence-corrected chi connectivity index (χ1v) is 7.01.